The summed E-state index contributed by atoms with van der Waals surface area (Å²) in [7, 11) is -3.54. The lowest BCUT2D eigenvalue weighted by Crippen LogP contribution is -2.35. The number of benzene rings is 1. The predicted molar refractivity (Wildman–Crippen MR) is 121 cm³/mol. The SMILES string of the molecule is CCCn1cc(-n2cc(-c3ccc(S(=O)(=O)N4CCCCC4)cc3Cl)cn2)ccc1=O. The Morgan fingerprint density at radius 2 is 1.84 bits per heavy atom. The maximum absolute atomic E-state index is 12.9. The molecule has 0 unspecified atom stereocenters. The summed E-state index contributed by atoms with van der Waals surface area (Å²) in [4.78, 5) is 12.2. The van der Waals surface area contributed by atoms with E-state index in [1.165, 1.54) is 16.4 Å². The number of hydrogen-bond acceptors (Lipinski definition) is 4. The van der Waals surface area contributed by atoms with E-state index in [0.29, 0.717) is 30.2 Å². The first kappa shape index (κ1) is 21.8. The molecular formula is C22H25ClN4O3S. The van der Waals surface area contributed by atoms with Crippen LogP contribution in [-0.4, -0.2) is 40.2 Å². The van der Waals surface area contributed by atoms with Crippen LogP contribution in [-0.2, 0) is 16.6 Å². The molecule has 0 radical (unpaired) electrons. The molecule has 0 spiro atoms. The number of aryl methyl sites for hydroxylation is 1. The first-order valence-corrected chi connectivity index (χ1v) is 12.3. The second-order valence-corrected chi connectivity index (χ2v) is 10.0. The molecule has 3 heterocycles. The maximum Gasteiger partial charge on any atom is 0.250 e. The Hall–Kier alpha value is -2.42. The molecule has 31 heavy (non-hydrogen) atoms. The van der Waals surface area contributed by atoms with Crippen molar-refractivity contribution in [2.75, 3.05) is 13.1 Å². The molecule has 0 amide bonds. The molecule has 0 bridgehead atoms. The normalized spacial score (nSPS) is 15.3. The van der Waals surface area contributed by atoms with E-state index in [4.69, 9.17) is 11.6 Å². The Balaban J connectivity index is 1.62. The Labute approximate surface area is 186 Å². The molecule has 1 aliphatic rings. The summed E-state index contributed by atoms with van der Waals surface area (Å²) in [5.41, 5.74) is 2.18. The quantitative estimate of drug-likeness (QED) is 0.558. The molecule has 0 aliphatic carbocycles. The summed E-state index contributed by atoms with van der Waals surface area (Å²) in [6, 6.07) is 8.09. The van der Waals surface area contributed by atoms with Gasteiger partial charge in [-0.15, -0.1) is 0 Å². The zero-order valence-corrected chi connectivity index (χ0v) is 18.9. The molecule has 1 aliphatic heterocycles. The lowest BCUT2D eigenvalue weighted by molar-refractivity contribution is 0.346. The van der Waals surface area contributed by atoms with Gasteiger partial charge in [-0.05, 0) is 37.5 Å². The van der Waals surface area contributed by atoms with Gasteiger partial charge in [0.15, 0.2) is 0 Å². The van der Waals surface area contributed by atoms with Gasteiger partial charge >= 0.3 is 0 Å². The Kier molecular flexibility index (Phi) is 6.31. The third kappa shape index (κ3) is 4.46. The van der Waals surface area contributed by atoms with E-state index in [9.17, 15) is 13.2 Å². The fourth-order valence-corrected chi connectivity index (χ4v) is 5.72. The third-order valence-corrected chi connectivity index (χ3v) is 7.69. The summed E-state index contributed by atoms with van der Waals surface area (Å²) in [6.07, 6.45) is 8.96. The van der Waals surface area contributed by atoms with Gasteiger partial charge in [-0.25, -0.2) is 13.1 Å². The van der Waals surface area contributed by atoms with Crippen molar-refractivity contribution in [3.8, 4) is 16.8 Å². The Bertz CT molecular complexity index is 1240. The van der Waals surface area contributed by atoms with Crippen molar-refractivity contribution in [2.45, 2.75) is 44.0 Å². The lowest BCUT2D eigenvalue weighted by atomic mass is 10.1. The highest BCUT2D eigenvalue weighted by Gasteiger charge is 2.26. The van der Waals surface area contributed by atoms with Crippen LogP contribution in [0.4, 0.5) is 0 Å². The van der Waals surface area contributed by atoms with Crippen LogP contribution >= 0.6 is 11.6 Å². The van der Waals surface area contributed by atoms with Gasteiger partial charge in [-0.1, -0.05) is 31.0 Å². The van der Waals surface area contributed by atoms with Crippen LogP contribution in [0.2, 0.25) is 5.02 Å². The number of halogens is 1. The van der Waals surface area contributed by atoms with Crippen molar-refractivity contribution in [3.63, 3.8) is 0 Å². The molecule has 0 saturated carbocycles. The monoisotopic (exact) mass is 460 g/mol. The fourth-order valence-electron chi connectivity index (χ4n) is 3.82. The topological polar surface area (TPSA) is 77.2 Å². The van der Waals surface area contributed by atoms with Crippen molar-refractivity contribution in [2.24, 2.45) is 0 Å². The molecule has 1 fully saturated rings. The molecule has 7 nitrogen and oxygen atoms in total. The third-order valence-electron chi connectivity index (χ3n) is 5.48. The number of nitrogens with zero attached hydrogens (tertiary/aromatic N) is 4. The number of hydrogen-bond donors (Lipinski definition) is 0. The summed E-state index contributed by atoms with van der Waals surface area (Å²) in [5, 5.41) is 4.75. The van der Waals surface area contributed by atoms with E-state index >= 15 is 0 Å². The standard InChI is InChI=1S/C22H25ClN4O3S/c1-2-10-25-16-18(6-9-22(25)28)27-15-17(14-24-27)20-8-7-19(13-21(20)23)31(29,30)26-11-4-3-5-12-26/h6-9,13-16H,2-5,10-12H2,1H3. The molecular weight excluding hydrogens is 436 g/mol. The average molecular weight is 461 g/mol. The van der Waals surface area contributed by atoms with Crippen molar-refractivity contribution >= 4 is 21.6 Å². The van der Waals surface area contributed by atoms with Gasteiger partial charge in [0.05, 0.1) is 16.8 Å². The highest BCUT2D eigenvalue weighted by atomic mass is 35.5. The van der Waals surface area contributed by atoms with Crippen LogP contribution in [0.3, 0.4) is 0 Å². The van der Waals surface area contributed by atoms with Crippen LogP contribution in [0, 0.1) is 0 Å². The predicted octanol–water partition coefficient (Wildman–Crippen LogP) is 3.94. The Morgan fingerprint density at radius 3 is 2.55 bits per heavy atom. The molecule has 164 valence electrons. The molecule has 1 aromatic carbocycles. The van der Waals surface area contributed by atoms with Gasteiger partial charge in [0.2, 0.25) is 10.0 Å². The van der Waals surface area contributed by atoms with Gasteiger partial charge in [-0.2, -0.15) is 9.40 Å². The van der Waals surface area contributed by atoms with Crippen LogP contribution in [0.1, 0.15) is 32.6 Å². The summed E-state index contributed by atoms with van der Waals surface area (Å²) in [6.45, 7) is 3.76. The molecule has 2 aromatic heterocycles. The molecule has 4 rings (SSSR count). The van der Waals surface area contributed by atoms with Crippen LogP contribution in [0.5, 0.6) is 0 Å². The number of sulfonamides is 1. The van der Waals surface area contributed by atoms with E-state index in [1.54, 1.807) is 39.8 Å². The van der Waals surface area contributed by atoms with Crippen LogP contribution in [0.15, 0.2) is 58.6 Å². The first-order valence-electron chi connectivity index (χ1n) is 10.5. The van der Waals surface area contributed by atoms with Gasteiger partial charge in [-0.3, -0.25) is 4.79 Å². The van der Waals surface area contributed by atoms with Crippen LogP contribution in [0.25, 0.3) is 16.8 Å². The Morgan fingerprint density at radius 1 is 1.06 bits per heavy atom. The highest BCUT2D eigenvalue weighted by Crippen LogP contribution is 2.31. The molecule has 0 N–H and O–H groups in total. The first-order chi connectivity index (χ1) is 14.9. The number of pyridine rings is 1. The molecule has 9 heteroatoms. The number of piperidine rings is 1. The van der Waals surface area contributed by atoms with E-state index in [-0.39, 0.29) is 10.5 Å². The zero-order valence-electron chi connectivity index (χ0n) is 17.4. The van der Waals surface area contributed by atoms with Gasteiger partial charge < -0.3 is 4.57 Å². The molecule has 0 atom stereocenters. The summed E-state index contributed by atoms with van der Waals surface area (Å²) >= 11 is 6.49. The molecule has 3 aromatic rings. The minimum absolute atomic E-state index is 0.0495. The van der Waals surface area contributed by atoms with Crippen molar-refractivity contribution in [1.82, 2.24) is 18.7 Å². The van der Waals surface area contributed by atoms with Gasteiger partial charge in [0, 0.05) is 54.2 Å². The van der Waals surface area contributed by atoms with Gasteiger partial charge in [0.1, 0.15) is 0 Å². The molecule has 1 saturated heterocycles. The number of aromatic nitrogens is 3. The van der Waals surface area contributed by atoms with E-state index in [1.807, 2.05) is 13.1 Å². The zero-order chi connectivity index (χ0) is 22.0. The van der Waals surface area contributed by atoms with Gasteiger partial charge in [0.25, 0.3) is 5.56 Å². The second-order valence-electron chi connectivity index (χ2n) is 7.70. The van der Waals surface area contributed by atoms with Crippen molar-refractivity contribution in [3.05, 3.63) is 64.3 Å². The minimum atomic E-state index is -3.54. The van der Waals surface area contributed by atoms with Crippen molar-refractivity contribution < 1.29 is 8.42 Å². The lowest BCUT2D eigenvalue weighted by Gasteiger charge is -2.26. The number of rotatable bonds is 6. The van der Waals surface area contributed by atoms with E-state index < -0.39 is 10.0 Å². The second kappa shape index (κ2) is 8.98. The smallest absolute Gasteiger partial charge is 0.250 e. The maximum atomic E-state index is 12.9. The van der Waals surface area contributed by atoms with E-state index in [2.05, 4.69) is 5.10 Å². The average Bonchev–Trinajstić information content (AvgIpc) is 3.26. The van der Waals surface area contributed by atoms with E-state index in [0.717, 1.165) is 36.9 Å². The van der Waals surface area contributed by atoms with Crippen LogP contribution < -0.4 is 5.56 Å². The highest BCUT2D eigenvalue weighted by molar-refractivity contribution is 7.89. The van der Waals surface area contributed by atoms with Crippen molar-refractivity contribution in [1.29, 1.82) is 0 Å². The summed E-state index contributed by atoms with van der Waals surface area (Å²) in [5.74, 6) is 0. The fraction of sp³-hybridized carbons (Fsp3) is 0.364. The largest absolute Gasteiger partial charge is 0.313 e. The minimum Gasteiger partial charge on any atom is -0.313 e. The summed E-state index contributed by atoms with van der Waals surface area (Å²) < 4.78 is 30.7.